The molecule has 0 aromatic carbocycles. The Kier molecular flexibility index (Phi) is 28.7. The van der Waals surface area contributed by atoms with Gasteiger partial charge in [-0.2, -0.15) is 0 Å². The third-order valence-electron chi connectivity index (χ3n) is 2.88. The number of hydrogen-bond donors (Lipinski definition) is 0. The number of nitrogens with zero attached hydrogens (tertiary/aromatic N) is 7. The van der Waals surface area contributed by atoms with Crippen LogP contribution in [0, 0.1) is 87.3 Å². The Balaban J connectivity index is -0.000000220. The van der Waals surface area contributed by atoms with Gasteiger partial charge in [0, 0.05) is 65.1 Å². The third-order valence-corrected chi connectivity index (χ3v) is 2.88. The van der Waals surface area contributed by atoms with Crippen LogP contribution in [0.5, 0.6) is 0 Å². The van der Waals surface area contributed by atoms with Crippen LogP contribution >= 0.6 is 0 Å². The molecule has 0 aliphatic carbocycles. The van der Waals surface area contributed by atoms with E-state index in [1.807, 2.05) is 28.2 Å². The molecule has 0 radical (unpaired) electrons. The second-order valence-corrected chi connectivity index (χ2v) is 6.39. The number of aromatic nitrogens is 2. The van der Waals surface area contributed by atoms with Crippen LogP contribution < -0.4 is 0 Å². The summed E-state index contributed by atoms with van der Waals surface area (Å²) < 4.78 is 0. The summed E-state index contributed by atoms with van der Waals surface area (Å²) >= 11 is 0. The van der Waals surface area contributed by atoms with E-state index in [2.05, 4.69) is 9.97 Å². The van der Waals surface area contributed by atoms with E-state index in [1.54, 1.807) is 71.0 Å². The molecule has 0 bridgehead atoms. The first kappa shape index (κ1) is 41.8. The molecular weight excluding hydrogens is 655 g/mol. The Morgan fingerprint density at radius 2 is 0.897 bits per heavy atom. The van der Waals surface area contributed by atoms with Crippen molar-refractivity contribution in [3.05, 3.63) is 131 Å². The smallest absolute Gasteiger partial charge is 0.383 e. The normalized spacial score (nSPS) is 8.72. The quantitative estimate of drug-likeness (QED) is 0.183. The fourth-order valence-corrected chi connectivity index (χ4v) is 1.62. The average molecular weight is 679 g/mol. The molecule has 0 unspecified atom stereocenters. The molecule has 0 spiro atoms. The first-order valence-electron chi connectivity index (χ1n) is 9.64. The van der Waals surface area contributed by atoms with Crippen molar-refractivity contribution >= 4 is 11.6 Å². The van der Waals surface area contributed by atoms with Crippen LogP contribution in [0.1, 0.15) is 21.0 Å². The first-order chi connectivity index (χ1) is 17.6. The third kappa shape index (κ3) is 38.4. The molecule has 39 heavy (non-hydrogen) atoms. The van der Waals surface area contributed by atoms with E-state index in [0.717, 1.165) is 0 Å². The van der Waals surface area contributed by atoms with Gasteiger partial charge in [-0.15, -0.1) is 0 Å². The Morgan fingerprint density at radius 1 is 0.641 bits per heavy atom. The van der Waals surface area contributed by atoms with Crippen molar-refractivity contribution in [2.45, 2.75) is 0 Å². The van der Waals surface area contributed by atoms with Gasteiger partial charge in [0.15, 0.2) is 0 Å². The molecular formula is C20H24N7O11Pr. The summed E-state index contributed by atoms with van der Waals surface area (Å²) in [5, 5.41) is 44.2. The summed E-state index contributed by atoms with van der Waals surface area (Å²) in [5.74, 6) is -0.149. The predicted octanol–water partition coefficient (Wildman–Crippen LogP) is 1.96. The molecule has 0 saturated heterocycles. The Morgan fingerprint density at radius 3 is 1.08 bits per heavy atom. The van der Waals surface area contributed by atoms with E-state index in [9.17, 15) is 9.59 Å². The van der Waals surface area contributed by atoms with Gasteiger partial charge in [-0.25, -0.2) is 0 Å². The van der Waals surface area contributed by atoms with Gasteiger partial charge in [-0.05, 0) is 24.3 Å². The molecule has 0 atom stereocenters. The van der Waals surface area contributed by atoms with Crippen LogP contribution in [-0.2, 0) is 0 Å². The number of carbonyl (C=O) groups is 2. The second-order valence-electron chi connectivity index (χ2n) is 6.39. The maximum Gasteiger partial charge on any atom is 3.00 e. The van der Waals surface area contributed by atoms with Gasteiger partial charge in [0.05, 0.1) is 15.3 Å². The number of allylic oxidation sites excluding steroid dienone is 2. The van der Waals surface area contributed by atoms with Crippen LogP contribution in [-0.4, -0.2) is 74.8 Å². The molecule has 18 nitrogen and oxygen atoms in total. The number of hydrogen-bond acceptors (Lipinski definition) is 15. The number of pyridine rings is 2. The van der Waals surface area contributed by atoms with Crippen molar-refractivity contribution in [3.63, 3.8) is 0 Å². The van der Waals surface area contributed by atoms with Crippen molar-refractivity contribution in [2.24, 2.45) is 0 Å². The van der Waals surface area contributed by atoms with Crippen molar-refractivity contribution < 1.29 is 66.1 Å². The topological polar surface area (TPSA) is 265 Å². The summed E-state index contributed by atoms with van der Waals surface area (Å²) in [4.78, 5) is 59.0. The summed E-state index contributed by atoms with van der Waals surface area (Å²) in [5.41, 5.74) is 0.946. The number of rotatable bonds is 6. The fourth-order valence-electron chi connectivity index (χ4n) is 1.62. The van der Waals surface area contributed by atoms with E-state index in [4.69, 9.17) is 46.0 Å². The molecule has 2 heterocycles. The maximum absolute atomic E-state index is 11.4. The summed E-state index contributed by atoms with van der Waals surface area (Å²) in [6.45, 7) is 0. The largest absolute Gasteiger partial charge is 3.00 e. The van der Waals surface area contributed by atoms with E-state index in [1.165, 1.54) is 12.2 Å². The molecule has 0 aliphatic heterocycles. The van der Waals surface area contributed by atoms with Crippen LogP contribution in [0.4, 0.5) is 0 Å². The average Bonchev–Trinajstić information content (AvgIpc) is 2.81. The van der Waals surface area contributed by atoms with Crippen molar-refractivity contribution in [2.75, 3.05) is 28.2 Å². The van der Waals surface area contributed by atoms with Crippen molar-refractivity contribution in [1.82, 2.24) is 19.8 Å². The van der Waals surface area contributed by atoms with Gasteiger partial charge in [0.1, 0.15) is 11.4 Å². The minimum absolute atomic E-state index is 0. The van der Waals surface area contributed by atoms with E-state index in [-0.39, 0.29) is 52.9 Å². The van der Waals surface area contributed by atoms with Gasteiger partial charge in [-0.1, -0.05) is 12.1 Å². The molecule has 208 valence electrons. The minimum atomic E-state index is -1.75. The maximum atomic E-state index is 11.4. The minimum Gasteiger partial charge on any atom is -0.383 e. The van der Waals surface area contributed by atoms with Crippen LogP contribution in [0.25, 0.3) is 0 Å². The fraction of sp³-hybridized carbons (Fsp3) is 0.200. The van der Waals surface area contributed by atoms with E-state index >= 15 is 0 Å². The predicted molar refractivity (Wildman–Crippen MR) is 134 cm³/mol. The molecule has 0 aliphatic rings. The molecule has 19 heteroatoms. The molecule has 2 aromatic rings. The van der Waals surface area contributed by atoms with Gasteiger partial charge >= 0.3 is 41.3 Å². The summed E-state index contributed by atoms with van der Waals surface area (Å²) in [7, 11) is 7.45. The number of ketones is 2. The Hall–Kier alpha value is -4.32. The van der Waals surface area contributed by atoms with E-state index < -0.39 is 15.3 Å². The van der Waals surface area contributed by atoms with Gasteiger partial charge < -0.3 is 55.8 Å². The first-order valence-corrected chi connectivity index (χ1v) is 9.64. The molecule has 0 saturated carbocycles. The molecule has 0 N–H and O–H groups in total. The number of carbonyl (C=O) groups excluding carboxylic acids is 2. The van der Waals surface area contributed by atoms with Gasteiger partial charge in [0.2, 0.25) is 11.6 Å². The van der Waals surface area contributed by atoms with E-state index in [0.29, 0.717) is 11.4 Å². The van der Waals surface area contributed by atoms with Crippen molar-refractivity contribution in [3.8, 4) is 0 Å². The van der Waals surface area contributed by atoms with Crippen LogP contribution in [0.15, 0.2) is 73.3 Å². The van der Waals surface area contributed by atoms with Crippen molar-refractivity contribution in [1.29, 1.82) is 0 Å². The monoisotopic (exact) mass is 679 g/mol. The second kappa shape index (κ2) is 26.7. The Bertz CT molecular complexity index is 933. The van der Waals surface area contributed by atoms with Gasteiger partial charge in [-0.3, -0.25) is 19.6 Å². The van der Waals surface area contributed by atoms with Crippen LogP contribution in [0.3, 0.4) is 0 Å². The Labute approximate surface area is 255 Å². The molecule has 0 amide bonds. The van der Waals surface area contributed by atoms with Gasteiger partial charge in [0.25, 0.3) is 0 Å². The standard InChI is InChI=1S/2C10H12N2O.3NO3.Pr/c2*1-12(2)8-6-10(13)9-5-3-4-7-11-9;3*2-1(3)4;/h2*3-8H,1-2H3;;;;/q;;3*-1;+3/b2*8-6+;;;;. The summed E-state index contributed by atoms with van der Waals surface area (Å²) in [6.07, 6.45) is 9.63. The zero-order valence-corrected chi connectivity index (χ0v) is 24.8. The zero-order chi connectivity index (χ0) is 30.1. The summed E-state index contributed by atoms with van der Waals surface area (Å²) in [6, 6.07) is 10.6. The van der Waals surface area contributed by atoms with Crippen LogP contribution in [0.2, 0.25) is 0 Å². The zero-order valence-electron chi connectivity index (χ0n) is 21.1. The molecule has 2 aromatic heterocycles. The molecule has 2 rings (SSSR count). The SMILES string of the molecule is CN(C)/C=C/C(=O)c1ccccn1.CN(C)/C=C/C(=O)c1ccccn1.O=[N+]([O-])[O-].O=[N+]([O-])[O-].O=[N+]([O-])[O-].[Pr+3]. The molecule has 0 fully saturated rings.